The number of hydrogen-bond acceptors (Lipinski definition) is 5. The Labute approximate surface area is 138 Å². The summed E-state index contributed by atoms with van der Waals surface area (Å²) >= 11 is 5.62. The highest BCUT2D eigenvalue weighted by atomic mass is 35.5. The van der Waals surface area contributed by atoms with E-state index in [1.54, 1.807) is 0 Å². The minimum absolute atomic E-state index is 0.158. The number of ether oxygens (including phenoxy) is 1. The molecule has 0 spiro atoms. The van der Waals surface area contributed by atoms with Crippen molar-refractivity contribution in [1.29, 1.82) is 0 Å². The van der Waals surface area contributed by atoms with Crippen LogP contribution in [0.1, 0.15) is 20.7 Å². The van der Waals surface area contributed by atoms with E-state index in [9.17, 15) is 28.5 Å². The van der Waals surface area contributed by atoms with Gasteiger partial charge in [-0.05, 0) is 30.3 Å². The number of nitrogens with zero attached hydrogens (tertiary/aromatic N) is 1. The van der Waals surface area contributed by atoms with Crippen molar-refractivity contribution < 1.29 is 28.0 Å². The second kappa shape index (κ2) is 7.14. The summed E-state index contributed by atoms with van der Waals surface area (Å²) in [4.78, 5) is 33.6. The molecular formula is C15H8ClF2NO5. The molecule has 0 aromatic heterocycles. The van der Waals surface area contributed by atoms with Crippen LogP contribution in [0, 0.1) is 21.7 Å². The van der Waals surface area contributed by atoms with E-state index in [1.807, 2.05) is 0 Å². The number of hydrogen-bond donors (Lipinski definition) is 0. The smallest absolute Gasteiger partial charge is 0.338 e. The Morgan fingerprint density at radius 3 is 2.38 bits per heavy atom. The number of carbonyl (C=O) groups excluding carboxylic acids is 2. The molecule has 24 heavy (non-hydrogen) atoms. The zero-order valence-electron chi connectivity index (χ0n) is 11.8. The van der Waals surface area contributed by atoms with Gasteiger partial charge in [0, 0.05) is 11.6 Å². The molecule has 2 aromatic rings. The van der Waals surface area contributed by atoms with Gasteiger partial charge in [-0.3, -0.25) is 14.9 Å². The van der Waals surface area contributed by atoms with Gasteiger partial charge in [-0.15, -0.1) is 0 Å². The van der Waals surface area contributed by atoms with Crippen LogP contribution >= 0.6 is 11.6 Å². The van der Waals surface area contributed by atoms with Crippen molar-refractivity contribution in [2.24, 2.45) is 0 Å². The average molecular weight is 356 g/mol. The van der Waals surface area contributed by atoms with E-state index in [0.717, 1.165) is 24.3 Å². The first-order valence-electron chi connectivity index (χ1n) is 6.39. The number of Topliss-reactive ketones (excluding diaryl/α,β-unsaturated/α-hetero) is 1. The average Bonchev–Trinajstić information content (AvgIpc) is 2.55. The molecule has 2 aromatic carbocycles. The first-order valence-corrected chi connectivity index (χ1v) is 6.76. The van der Waals surface area contributed by atoms with E-state index in [-0.39, 0.29) is 16.1 Å². The molecule has 0 bridgehead atoms. The Balaban J connectivity index is 2.07. The lowest BCUT2D eigenvalue weighted by atomic mass is 10.1. The van der Waals surface area contributed by atoms with Crippen molar-refractivity contribution in [3.63, 3.8) is 0 Å². The van der Waals surface area contributed by atoms with E-state index >= 15 is 0 Å². The molecule has 0 amide bonds. The summed E-state index contributed by atoms with van der Waals surface area (Å²) in [5, 5.41) is 10.6. The van der Waals surface area contributed by atoms with Gasteiger partial charge in [0.05, 0.1) is 10.5 Å². The second-order valence-corrected chi connectivity index (χ2v) is 4.96. The molecule has 9 heteroatoms. The van der Waals surface area contributed by atoms with Crippen molar-refractivity contribution in [1.82, 2.24) is 0 Å². The molecule has 0 saturated heterocycles. The summed E-state index contributed by atoms with van der Waals surface area (Å²) in [7, 11) is 0. The Morgan fingerprint density at radius 2 is 1.75 bits per heavy atom. The molecular weight excluding hydrogens is 348 g/mol. The maximum Gasteiger partial charge on any atom is 0.338 e. The highest BCUT2D eigenvalue weighted by molar-refractivity contribution is 6.32. The molecule has 6 nitrogen and oxygen atoms in total. The molecule has 124 valence electrons. The van der Waals surface area contributed by atoms with E-state index in [0.29, 0.717) is 6.07 Å². The molecule has 2 rings (SSSR count). The third kappa shape index (κ3) is 3.90. The van der Waals surface area contributed by atoms with Crippen LogP contribution in [0.25, 0.3) is 0 Å². The van der Waals surface area contributed by atoms with Gasteiger partial charge in [-0.2, -0.15) is 0 Å². The van der Waals surface area contributed by atoms with E-state index < -0.39 is 40.6 Å². The van der Waals surface area contributed by atoms with Crippen molar-refractivity contribution in [3.8, 4) is 0 Å². The molecule has 0 aliphatic heterocycles. The number of ketones is 1. The van der Waals surface area contributed by atoms with E-state index in [1.165, 1.54) is 6.07 Å². The molecule has 0 radical (unpaired) electrons. The topological polar surface area (TPSA) is 86.5 Å². The maximum atomic E-state index is 13.0. The van der Waals surface area contributed by atoms with Crippen LogP contribution < -0.4 is 0 Å². The van der Waals surface area contributed by atoms with Crippen LogP contribution in [-0.4, -0.2) is 23.3 Å². The van der Waals surface area contributed by atoms with Crippen LogP contribution in [0.5, 0.6) is 0 Å². The third-order valence-electron chi connectivity index (χ3n) is 2.95. The fourth-order valence-corrected chi connectivity index (χ4v) is 1.93. The summed E-state index contributed by atoms with van der Waals surface area (Å²) in [6.07, 6.45) is 0. The highest BCUT2D eigenvalue weighted by Gasteiger charge is 2.18. The normalized spacial score (nSPS) is 10.3. The van der Waals surface area contributed by atoms with Gasteiger partial charge in [-0.25, -0.2) is 13.6 Å². The second-order valence-electron chi connectivity index (χ2n) is 4.55. The number of carbonyl (C=O) groups is 2. The molecule has 0 unspecified atom stereocenters. The van der Waals surface area contributed by atoms with Crippen molar-refractivity contribution >= 4 is 29.0 Å². The van der Waals surface area contributed by atoms with Crippen LogP contribution in [0.15, 0.2) is 36.4 Å². The Kier molecular flexibility index (Phi) is 5.20. The number of halogens is 3. The van der Waals surface area contributed by atoms with Gasteiger partial charge in [0.25, 0.3) is 5.69 Å². The first kappa shape index (κ1) is 17.5. The quantitative estimate of drug-likeness (QED) is 0.354. The number of rotatable bonds is 5. The Hall–Kier alpha value is -2.87. The van der Waals surface area contributed by atoms with Crippen LogP contribution in [0.2, 0.25) is 5.02 Å². The monoisotopic (exact) mass is 355 g/mol. The van der Waals surface area contributed by atoms with Gasteiger partial charge < -0.3 is 4.74 Å². The summed E-state index contributed by atoms with van der Waals surface area (Å²) in [5.41, 5.74) is -0.842. The Morgan fingerprint density at radius 1 is 1.08 bits per heavy atom. The van der Waals surface area contributed by atoms with E-state index in [2.05, 4.69) is 0 Å². The Bertz CT molecular complexity index is 841. The molecule has 0 N–H and O–H groups in total. The summed E-state index contributed by atoms with van der Waals surface area (Å²) in [5.74, 6) is -4.08. The van der Waals surface area contributed by atoms with Gasteiger partial charge in [-0.1, -0.05) is 11.6 Å². The largest absolute Gasteiger partial charge is 0.454 e. The fourth-order valence-electron chi connectivity index (χ4n) is 1.75. The molecule has 0 aliphatic rings. The fraction of sp³-hybridized carbons (Fsp3) is 0.0667. The van der Waals surface area contributed by atoms with Gasteiger partial charge in [0.15, 0.2) is 24.0 Å². The van der Waals surface area contributed by atoms with Gasteiger partial charge in [0.2, 0.25) is 0 Å². The zero-order chi connectivity index (χ0) is 17.9. The minimum Gasteiger partial charge on any atom is -0.454 e. The first-order chi connectivity index (χ1) is 11.3. The summed E-state index contributed by atoms with van der Waals surface area (Å²) in [6, 6.07) is 5.74. The molecule has 0 saturated carbocycles. The molecule has 0 aliphatic carbocycles. The number of esters is 1. The molecule has 0 atom stereocenters. The van der Waals surface area contributed by atoms with Crippen LogP contribution in [0.3, 0.4) is 0 Å². The molecule has 0 heterocycles. The van der Waals surface area contributed by atoms with Crippen LogP contribution in [0.4, 0.5) is 14.5 Å². The number of benzene rings is 2. The highest BCUT2D eigenvalue weighted by Crippen LogP contribution is 2.25. The van der Waals surface area contributed by atoms with E-state index in [4.69, 9.17) is 16.3 Å². The van der Waals surface area contributed by atoms with Crippen molar-refractivity contribution in [3.05, 3.63) is 74.3 Å². The standard InChI is InChI=1S/C15H8ClF2NO5/c16-10-3-1-9(6-13(10)19(22)23)15(21)24-7-14(20)8-2-4-11(17)12(18)5-8/h1-6H,7H2. The predicted molar refractivity (Wildman–Crippen MR) is 79.1 cm³/mol. The lowest BCUT2D eigenvalue weighted by Gasteiger charge is -2.05. The zero-order valence-corrected chi connectivity index (χ0v) is 12.5. The van der Waals surface area contributed by atoms with Gasteiger partial charge in [0.1, 0.15) is 5.02 Å². The predicted octanol–water partition coefficient (Wildman–Crippen LogP) is 3.57. The lowest BCUT2D eigenvalue weighted by molar-refractivity contribution is -0.384. The SMILES string of the molecule is O=C(COC(=O)c1ccc(Cl)c([N+](=O)[O-])c1)c1ccc(F)c(F)c1. The number of nitro groups is 1. The lowest BCUT2D eigenvalue weighted by Crippen LogP contribution is -2.14. The van der Waals surface area contributed by atoms with Gasteiger partial charge >= 0.3 is 5.97 Å². The van der Waals surface area contributed by atoms with Crippen molar-refractivity contribution in [2.75, 3.05) is 6.61 Å². The summed E-state index contributed by atoms with van der Waals surface area (Å²) < 4.78 is 30.6. The maximum absolute atomic E-state index is 13.0. The van der Waals surface area contributed by atoms with Crippen molar-refractivity contribution in [2.45, 2.75) is 0 Å². The third-order valence-corrected chi connectivity index (χ3v) is 3.27. The molecule has 0 fully saturated rings. The number of nitro benzene ring substituents is 1. The summed E-state index contributed by atoms with van der Waals surface area (Å²) in [6.45, 7) is -0.736. The van der Waals surface area contributed by atoms with Crippen LogP contribution in [-0.2, 0) is 4.74 Å². The minimum atomic E-state index is -1.21.